The van der Waals surface area contributed by atoms with E-state index in [4.69, 9.17) is 4.65 Å². The minimum absolute atomic E-state index is 0. The van der Waals surface area contributed by atoms with Crippen LogP contribution in [0.2, 0.25) is 39.3 Å². The van der Waals surface area contributed by atoms with Crippen LogP contribution in [-0.4, -0.2) is 16.5 Å². The molecule has 0 aromatic rings. The van der Waals surface area contributed by atoms with Gasteiger partial charge in [0.05, 0.1) is 0 Å². The van der Waals surface area contributed by atoms with E-state index in [1.807, 2.05) is 0 Å². The molecule has 1 nitrogen and oxygen atoms in total. The smallest absolute Gasteiger partial charge is 0.235 e. The highest BCUT2D eigenvalue weighted by Crippen LogP contribution is 2.19. The van der Waals surface area contributed by atoms with Crippen LogP contribution in [0.25, 0.3) is 4.65 Å². The molecule has 0 spiro atoms. The van der Waals surface area contributed by atoms with E-state index in [0.29, 0.717) is 0 Å². The Labute approximate surface area is 84.2 Å². The van der Waals surface area contributed by atoms with Crippen molar-refractivity contribution in [1.29, 1.82) is 0 Å². The second-order valence-corrected chi connectivity index (χ2v) is 14.0. The van der Waals surface area contributed by atoms with Gasteiger partial charge in [0, 0.05) is 0 Å². The lowest BCUT2D eigenvalue weighted by atomic mass is 11.8. The molecule has 0 aromatic carbocycles. The largest absolute Gasteiger partial charge is 0.668 e. The van der Waals surface area contributed by atoms with Crippen molar-refractivity contribution in [2.75, 3.05) is 0 Å². The van der Waals surface area contributed by atoms with Crippen molar-refractivity contribution in [3.8, 4) is 0 Å². The molecule has 0 saturated carbocycles. The average molecular weight is 289 g/mol. The molecule has 0 aliphatic heterocycles. The minimum Gasteiger partial charge on any atom is -0.668 e. The summed E-state index contributed by atoms with van der Waals surface area (Å²) in [7, 11) is -2.21. The first-order chi connectivity index (χ1) is 3.71. The zero-order valence-corrected chi connectivity index (χ0v) is 12.4. The SMILES string of the molecule is C[Si](C)(C)[N-][Si](C)(C)C.[IH2+]. The summed E-state index contributed by atoms with van der Waals surface area (Å²) in [6, 6.07) is 0. The predicted molar refractivity (Wildman–Crippen MR) is 52.8 cm³/mol. The third kappa shape index (κ3) is 11.9. The molecule has 0 rings (SSSR count). The molecule has 64 valence electrons. The molecular weight excluding hydrogens is 269 g/mol. The Morgan fingerprint density at radius 1 is 0.700 bits per heavy atom. The molecule has 0 heterocycles. The molecule has 0 aliphatic carbocycles. The molecule has 0 amide bonds. The molecule has 0 unspecified atom stereocenters. The Balaban J connectivity index is 0. The average Bonchev–Trinajstić information content (AvgIpc) is 1.14. The van der Waals surface area contributed by atoms with E-state index in [1.165, 1.54) is 0 Å². The lowest BCUT2D eigenvalue weighted by molar-refractivity contribution is -0.00000260. The second-order valence-electron chi connectivity index (χ2n) is 4.45. The molecule has 0 N–H and O–H groups in total. The van der Waals surface area contributed by atoms with Gasteiger partial charge >= 0.3 is 0 Å². The summed E-state index contributed by atoms with van der Waals surface area (Å²) >= 11 is 0. The molecule has 0 aliphatic rings. The van der Waals surface area contributed by atoms with Gasteiger partial charge in [-0.3, -0.25) is 0 Å². The maximum Gasteiger partial charge on any atom is 0.235 e. The first-order valence-electron chi connectivity index (χ1n) is 3.45. The predicted octanol–water partition coefficient (Wildman–Crippen LogP) is -0.502. The van der Waals surface area contributed by atoms with E-state index in [-0.39, 0.29) is 24.0 Å². The van der Waals surface area contributed by atoms with E-state index in [1.54, 1.807) is 0 Å². The highest BCUT2D eigenvalue weighted by Gasteiger charge is 2.07. The molecule has 0 fully saturated rings. The monoisotopic (exact) mass is 289 g/mol. The first kappa shape index (κ1) is 13.7. The summed E-state index contributed by atoms with van der Waals surface area (Å²) in [4.78, 5) is 0. The Hall–Kier alpha value is 1.12. The van der Waals surface area contributed by atoms with E-state index in [2.05, 4.69) is 39.3 Å². The number of halogens is 1. The zero-order valence-electron chi connectivity index (χ0n) is 7.89. The highest BCUT2D eigenvalue weighted by molar-refractivity contribution is 7.00. The van der Waals surface area contributed by atoms with Gasteiger partial charge in [-0.15, -0.1) is 0 Å². The van der Waals surface area contributed by atoms with Gasteiger partial charge < -0.3 is 4.65 Å². The standard InChI is InChI=1S/C6H18NSi2.H2I/c1-8(2,3)7-9(4,5)6;/h1-6H3;1H2/q-1;+1. The van der Waals surface area contributed by atoms with E-state index in [0.717, 1.165) is 0 Å². The number of rotatable bonds is 2. The van der Waals surface area contributed by atoms with Gasteiger partial charge in [-0.1, -0.05) is 55.8 Å². The zero-order chi connectivity index (χ0) is 7.71. The van der Waals surface area contributed by atoms with E-state index < -0.39 is 16.5 Å². The Kier molecular flexibility index (Phi) is 5.79. The van der Waals surface area contributed by atoms with Crippen molar-refractivity contribution < 1.29 is 24.0 Å². The Bertz CT molecular complexity index is 80.9. The van der Waals surface area contributed by atoms with Crippen LogP contribution in [0.3, 0.4) is 0 Å². The minimum atomic E-state index is -1.11. The van der Waals surface area contributed by atoms with Crippen LogP contribution in [0.15, 0.2) is 0 Å². The first-order valence-corrected chi connectivity index (χ1v) is 10.3. The molecule has 10 heavy (non-hydrogen) atoms. The molecule has 0 saturated heterocycles. The fourth-order valence-electron chi connectivity index (χ4n) is 1.01. The normalized spacial score (nSPS) is 12.6. The van der Waals surface area contributed by atoms with Crippen LogP contribution < -0.4 is 24.0 Å². The van der Waals surface area contributed by atoms with Crippen molar-refractivity contribution in [2.45, 2.75) is 39.3 Å². The van der Waals surface area contributed by atoms with Crippen LogP contribution in [0, 0.1) is 0 Å². The summed E-state index contributed by atoms with van der Waals surface area (Å²) in [5.41, 5.74) is 0. The fourth-order valence-corrected chi connectivity index (χ4v) is 9.06. The van der Waals surface area contributed by atoms with Gasteiger partial charge in [0.15, 0.2) is 0 Å². The van der Waals surface area contributed by atoms with E-state index in [9.17, 15) is 0 Å². The van der Waals surface area contributed by atoms with Crippen molar-refractivity contribution in [1.82, 2.24) is 0 Å². The van der Waals surface area contributed by atoms with Gasteiger partial charge in [-0.25, -0.2) is 0 Å². The molecule has 0 radical (unpaired) electrons. The van der Waals surface area contributed by atoms with Crippen molar-refractivity contribution >= 4 is 16.5 Å². The maximum absolute atomic E-state index is 4.82. The van der Waals surface area contributed by atoms with Crippen LogP contribution in [0.1, 0.15) is 0 Å². The summed E-state index contributed by atoms with van der Waals surface area (Å²) in [6.45, 7) is 13.8. The van der Waals surface area contributed by atoms with Crippen molar-refractivity contribution in [2.24, 2.45) is 0 Å². The van der Waals surface area contributed by atoms with Gasteiger partial charge in [0.25, 0.3) is 0 Å². The third-order valence-corrected chi connectivity index (χ3v) is 6.04. The van der Waals surface area contributed by atoms with Crippen LogP contribution >= 0.6 is 0 Å². The maximum atomic E-state index is 4.82. The lowest BCUT2D eigenvalue weighted by Gasteiger charge is -2.45. The Morgan fingerprint density at radius 3 is 0.900 bits per heavy atom. The van der Waals surface area contributed by atoms with Gasteiger partial charge in [0.2, 0.25) is 24.0 Å². The summed E-state index contributed by atoms with van der Waals surface area (Å²) < 4.78 is 4.82. The van der Waals surface area contributed by atoms with Gasteiger partial charge in [-0.2, -0.15) is 0 Å². The molecule has 0 atom stereocenters. The lowest BCUT2D eigenvalue weighted by Crippen LogP contribution is -3.00. The number of hydrogen-bond acceptors (Lipinski definition) is 0. The quantitative estimate of drug-likeness (QED) is 0.481. The summed E-state index contributed by atoms with van der Waals surface area (Å²) in [5, 5.41) is 0. The van der Waals surface area contributed by atoms with E-state index >= 15 is 0 Å². The topological polar surface area (TPSA) is 14.1 Å². The van der Waals surface area contributed by atoms with Crippen LogP contribution in [0.5, 0.6) is 0 Å². The highest BCUT2D eigenvalue weighted by atomic mass is 127. The van der Waals surface area contributed by atoms with Gasteiger partial charge in [0.1, 0.15) is 0 Å². The number of hydrogen-bond donors (Lipinski definition) is 0. The molecule has 4 heteroatoms. The van der Waals surface area contributed by atoms with Crippen LogP contribution in [0.4, 0.5) is 0 Å². The van der Waals surface area contributed by atoms with Crippen LogP contribution in [-0.2, 0) is 0 Å². The van der Waals surface area contributed by atoms with Gasteiger partial charge in [-0.05, 0) is 0 Å². The molecular formula is C6H20INSi2. The fraction of sp³-hybridized carbons (Fsp3) is 1.00. The second kappa shape index (κ2) is 4.22. The molecule has 0 bridgehead atoms. The summed E-state index contributed by atoms with van der Waals surface area (Å²) in [5.74, 6) is 0. The Morgan fingerprint density at radius 2 is 0.900 bits per heavy atom. The third-order valence-electron chi connectivity index (χ3n) is 0.671. The number of nitrogens with zero attached hydrogens (tertiary/aromatic N) is 1. The van der Waals surface area contributed by atoms with Crippen molar-refractivity contribution in [3.05, 3.63) is 4.65 Å². The molecule has 0 aromatic heterocycles. The van der Waals surface area contributed by atoms with Crippen molar-refractivity contribution in [3.63, 3.8) is 0 Å². The summed E-state index contributed by atoms with van der Waals surface area (Å²) in [6.07, 6.45) is 0.